The van der Waals surface area contributed by atoms with Crippen LogP contribution in [0, 0.1) is 0 Å². The number of carbonyl (C=O) groups excluding carboxylic acids is 1. The van der Waals surface area contributed by atoms with Gasteiger partial charge in [-0.05, 0) is 18.2 Å². The second-order valence-electron chi connectivity index (χ2n) is 4.05. The number of nitrogen functional groups attached to an aromatic ring is 1. The van der Waals surface area contributed by atoms with E-state index in [4.69, 9.17) is 5.73 Å². The second-order valence-corrected chi connectivity index (χ2v) is 5.89. The zero-order valence-electron chi connectivity index (χ0n) is 10.9. The summed E-state index contributed by atoms with van der Waals surface area (Å²) in [4.78, 5) is 10.9. The maximum atomic E-state index is 12.6. The zero-order valence-corrected chi connectivity index (χ0v) is 11.7. The highest BCUT2D eigenvalue weighted by molar-refractivity contribution is 7.92. The zero-order chi connectivity index (χ0) is 16.3. The third-order valence-electron chi connectivity index (χ3n) is 2.43. The molecule has 0 saturated carbocycles. The van der Waals surface area contributed by atoms with Crippen LogP contribution >= 0.6 is 0 Å². The molecule has 0 aliphatic rings. The topological polar surface area (TPSA) is 98.5 Å². The second kappa shape index (κ2) is 6.20. The van der Waals surface area contributed by atoms with Gasteiger partial charge in [-0.25, -0.2) is 8.42 Å². The highest BCUT2D eigenvalue weighted by Crippen LogP contribution is 2.35. The van der Waals surface area contributed by atoms with E-state index in [-0.39, 0.29) is 5.69 Å². The Kier molecular flexibility index (Phi) is 5.05. The third-order valence-corrected chi connectivity index (χ3v) is 3.72. The average Bonchev–Trinajstić information content (AvgIpc) is 2.36. The molecule has 118 valence electrons. The van der Waals surface area contributed by atoms with Gasteiger partial charge in [-0.1, -0.05) is 0 Å². The monoisotopic (exact) mass is 326 g/mol. The van der Waals surface area contributed by atoms with Gasteiger partial charge < -0.3 is 10.5 Å². The van der Waals surface area contributed by atoms with E-state index in [9.17, 15) is 26.4 Å². The maximum Gasteiger partial charge on any atom is 0.418 e. The number of esters is 1. The summed E-state index contributed by atoms with van der Waals surface area (Å²) in [7, 11) is -2.88. The van der Waals surface area contributed by atoms with Crippen molar-refractivity contribution in [1.82, 2.24) is 0 Å². The van der Waals surface area contributed by atoms with Crippen LogP contribution in [0.5, 0.6) is 0 Å². The first-order valence-electron chi connectivity index (χ1n) is 5.59. The first kappa shape index (κ1) is 17.1. The van der Waals surface area contributed by atoms with Crippen molar-refractivity contribution in [2.75, 3.05) is 23.3 Å². The summed E-state index contributed by atoms with van der Waals surface area (Å²) in [5.74, 6) is -1.35. The molecular formula is C11H13F3N2O4S. The number of methoxy groups -OCH3 is 1. The van der Waals surface area contributed by atoms with Crippen LogP contribution in [0.3, 0.4) is 0 Å². The quantitative estimate of drug-likeness (QED) is 0.632. The number of benzene rings is 1. The van der Waals surface area contributed by atoms with Crippen LogP contribution in [0.4, 0.5) is 24.5 Å². The number of hydrogen-bond donors (Lipinski definition) is 2. The molecule has 1 aromatic rings. The number of hydrogen-bond acceptors (Lipinski definition) is 5. The average molecular weight is 326 g/mol. The number of halogens is 3. The van der Waals surface area contributed by atoms with Crippen molar-refractivity contribution in [2.24, 2.45) is 0 Å². The summed E-state index contributed by atoms with van der Waals surface area (Å²) >= 11 is 0. The van der Waals surface area contributed by atoms with E-state index >= 15 is 0 Å². The molecule has 0 aliphatic carbocycles. The van der Waals surface area contributed by atoms with Gasteiger partial charge in [0.15, 0.2) is 0 Å². The molecule has 0 unspecified atom stereocenters. The van der Waals surface area contributed by atoms with Crippen LogP contribution in [-0.2, 0) is 25.7 Å². The summed E-state index contributed by atoms with van der Waals surface area (Å²) in [6, 6.07) is 2.63. The summed E-state index contributed by atoms with van der Waals surface area (Å²) in [5, 5.41) is 0. The van der Waals surface area contributed by atoms with Crippen LogP contribution in [0.2, 0.25) is 0 Å². The maximum absolute atomic E-state index is 12.6. The Balaban J connectivity index is 2.91. The first-order chi connectivity index (χ1) is 9.55. The van der Waals surface area contributed by atoms with Crippen molar-refractivity contribution >= 4 is 27.4 Å². The van der Waals surface area contributed by atoms with Crippen molar-refractivity contribution in [1.29, 1.82) is 0 Å². The van der Waals surface area contributed by atoms with Gasteiger partial charge in [-0.2, -0.15) is 13.2 Å². The molecule has 0 heterocycles. The van der Waals surface area contributed by atoms with E-state index in [0.717, 1.165) is 19.2 Å². The fraction of sp³-hybridized carbons (Fsp3) is 0.364. The van der Waals surface area contributed by atoms with Crippen LogP contribution in [0.25, 0.3) is 0 Å². The van der Waals surface area contributed by atoms with Gasteiger partial charge >= 0.3 is 12.1 Å². The van der Waals surface area contributed by atoms with E-state index < -0.39 is 45.6 Å². The van der Waals surface area contributed by atoms with Gasteiger partial charge in [0.1, 0.15) is 0 Å². The Hall–Kier alpha value is -1.97. The number of rotatable bonds is 5. The lowest BCUT2D eigenvalue weighted by atomic mass is 10.1. The fourth-order valence-corrected chi connectivity index (χ4v) is 2.44. The molecule has 0 radical (unpaired) electrons. The number of nitrogens with one attached hydrogen (secondary N) is 1. The minimum absolute atomic E-state index is 0.290. The van der Waals surface area contributed by atoms with Crippen molar-refractivity contribution < 1.29 is 31.1 Å². The lowest BCUT2D eigenvalue weighted by Gasteiger charge is -2.13. The van der Waals surface area contributed by atoms with Gasteiger partial charge in [-0.15, -0.1) is 0 Å². The lowest BCUT2D eigenvalue weighted by Crippen LogP contribution is -2.20. The Morgan fingerprint density at radius 3 is 2.52 bits per heavy atom. The smallest absolute Gasteiger partial charge is 0.418 e. The molecule has 6 nitrogen and oxygen atoms in total. The standard InChI is InChI=1S/C11H13F3N2O4S/c1-20-10(17)4-5-21(18,19)16-7-2-3-9(15)8(6-7)11(12,13)14/h2-3,6,16H,4-5,15H2,1H3. The lowest BCUT2D eigenvalue weighted by molar-refractivity contribution is -0.140. The third kappa shape index (κ3) is 5.14. The number of nitrogens with two attached hydrogens (primary N) is 1. The molecule has 3 N–H and O–H groups in total. The van der Waals surface area contributed by atoms with Crippen LogP contribution in [-0.4, -0.2) is 27.2 Å². The number of anilines is 2. The van der Waals surface area contributed by atoms with E-state index in [1.165, 1.54) is 0 Å². The highest BCUT2D eigenvalue weighted by Gasteiger charge is 2.33. The summed E-state index contributed by atoms with van der Waals surface area (Å²) in [6.45, 7) is 0. The molecule has 1 aromatic carbocycles. The van der Waals surface area contributed by atoms with Crippen molar-refractivity contribution in [3.05, 3.63) is 23.8 Å². The van der Waals surface area contributed by atoms with Gasteiger partial charge in [0.05, 0.1) is 24.8 Å². The van der Waals surface area contributed by atoms with Crippen molar-refractivity contribution in [3.8, 4) is 0 Å². The Morgan fingerprint density at radius 2 is 2.00 bits per heavy atom. The van der Waals surface area contributed by atoms with Crippen LogP contribution in [0.15, 0.2) is 18.2 Å². The van der Waals surface area contributed by atoms with Crippen molar-refractivity contribution in [2.45, 2.75) is 12.6 Å². The Bertz CT molecular complexity index is 629. The van der Waals surface area contributed by atoms with E-state index in [2.05, 4.69) is 4.74 Å². The predicted molar refractivity (Wildman–Crippen MR) is 69.9 cm³/mol. The summed E-state index contributed by atoms with van der Waals surface area (Å²) in [5.41, 5.74) is 3.25. The molecule has 0 fully saturated rings. The van der Waals surface area contributed by atoms with E-state index in [0.29, 0.717) is 6.07 Å². The minimum Gasteiger partial charge on any atom is -0.469 e. The SMILES string of the molecule is COC(=O)CCS(=O)(=O)Nc1ccc(N)c(C(F)(F)F)c1. The van der Waals surface area contributed by atoms with Crippen LogP contribution < -0.4 is 10.5 Å². The molecule has 0 bridgehead atoms. The first-order valence-corrected chi connectivity index (χ1v) is 7.24. The Labute approximate surface area is 119 Å². The summed E-state index contributed by atoms with van der Waals surface area (Å²) in [6.07, 6.45) is -5.11. The number of ether oxygens (including phenoxy) is 1. The Morgan fingerprint density at radius 1 is 1.38 bits per heavy atom. The molecule has 0 atom stereocenters. The van der Waals surface area contributed by atoms with E-state index in [1.54, 1.807) is 0 Å². The van der Waals surface area contributed by atoms with Gasteiger partial charge in [-0.3, -0.25) is 9.52 Å². The molecule has 1 rings (SSSR count). The largest absolute Gasteiger partial charge is 0.469 e. The minimum atomic E-state index is -4.70. The molecular weight excluding hydrogens is 313 g/mol. The fourth-order valence-electron chi connectivity index (χ4n) is 1.42. The molecule has 0 spiro atoms. The molecule has 0 aromatic heterocycles. The highest BCUT2D eigenvalue weighted by atomic mass is 32.2. The van der Waals surface area contributed by atoms with Gasteiger partial charge in [0, 0.05) is 11.4 Å². The summed E-state index contributed by atoms with van der Waals surface area (Å²) < 4.78 is 67.4. The number of alkyl halides is 3. The molecule has 21 heavy (non-hydrogen) atoms. The van der Waals surface area contributed by atoms with E-state index in [1.807, 2.05) is 4.72 Å². The molecule has 10 heteroatoms. The number of sulfonamides is 1. The van der Waals surface area contributed by atoms with Crippen molar-refractivity contribution in [3.63, 3.8) is 0 Å². The van der Waals surface area contributed by atoms with Gasteiger partial charge in [0.2, 0.25) is 10.0 Å². The normalized spacial score (nSPS) is 12.0. The number of carbonyl (C=O) groups is 1. The molecule has 0 amide bonds. The molecule has 0 aliphatic heterocycles. The molecule has 0 saturated heterocycles. The van der Waals surface area contributed by atoms with Crippen LogP contribution in [0.1, 0.15) is 12.0 Å². The predicted octanol–water partition coefficient (Wildman–Crippen LogP) is 1.59. The van der Waals surface area contributed by atoms with Gasteiger partial charge in [0.25, 0.3) is 0 Å².